The van der Waals surface area contributed by atoms with Crippen LogP contribution in [-0.4, -0.2) is 9.85 Å². The zero-order valence-electron chi connectivity index (χ0n) is 13.3. The van der Waals surface area contributed by atoms with Gasteiger partial charge in [0.15, 0.2) is 0 Å². The molecule has 0 aromatic heterocycles. The molecule has 0 amide bonds. The van der Waals surface area contributed by atoms with Crippen molar-refractivity contribution < 1.29 is 19.3 Å². The Morgan fingerprint density at radius 2 is 0.923 bits per heavy atom. The Hall–Kier alpha value is -3.94. The molecule has 3 rings (SSSR count). The van der Waals surface area contributed by atoms with E-state index in [0.29, 0.717) is 23.0 Å². The SMILES string of the molecule is O=[N+]([O-])c1cccc(Oc2cccc(Oc3cccc([N+](=O)[O-])c3)c2)c1. The molecule has 8 nitrogen and oxygen atoms in total. The summed E-state index contributed by atoms with van der Waals surface area (Å²) in [6, 6.07) is 18.2. The van der Waals surface area contributed by atoms with Crippen LogP contribution in [0, 0.1) is 20.2 Å². The van der Waals surface area contributed by atoms with Gasteiger partial charge in [-0.3, -0.25) is 20.2 Å². The number of hydrogen-bond donors (Lipinski definition) is 0. The predicted molar refractivity (Wildman–Crippen MR) is 92.8 cm³/mol. The molecule has 3 aromatic carbocycles. The molecule has 0 spiro atoms. The number of rotatable bonds is 6. The maximum absolute atomic E-state index is 10.8. The number of nitrogens with zero attached hydrogens (tertiary/aromatic N) is 2. The first-order valence-electron chi connectivity index (χ1n) is 7.46. The number of nitro benzene ring substituents is 2. The lowest BCUT2D eigenvalue weighted by Gasteiger charge is -2.09. The summed E-state index contributed by atoms with van der Waals surface area (Å²) >= 11 is 0. The van der Waals surface area contributed by atoms with Crippen molar-refractivity contribution in [2.75, 3.05) is 0 Å². The quantitative estimate of drug-likeness (QED) is 0.452. The van der Waals surface area contributed by atoms with Crippen molar-refractivity contribution in [2.45, 2.75) is 0 Å². The molecule has 130 valence electrons. The average molecular weight is 352 g/mol. The third-order valence-electron chi connectivity index (χ3n) is 3.33. The van der Waals surface area contributed by atoms with E-state index in [9.17, 15) is 20.2 Å². The van der Waals surface area contributed by atoms with Crippen molar-refractivity contribution in [3.05, 3.63) is 93.0 Å². The molecule has 0 aliphatic rings. The highest BCUT2D eigenvalue weighted by molar-refractivity contribution is 5.44. The fourth-order valence-electron chi connectivity index (χ4n) is 2.19. The maximum Gasteiger partial charge on any atom is 0.273 e. The van der Waals surface area contributed by atoms with Crippen LogP contribution < -0.4 is 9.47 Å². The molecular formula is C18H12N2O6. The third kappa shape index (κ3) is 4.12. The lowest BCUT2D eigenvalue weighted by atomic mass is 10.3. The minimum Gasteiger partial charge on any atom is -0.457 e. The Morgan fingerprint density at radius 1 is 0.577 bits per heavy atom. The third-order valence-corrected chi connectivity index (χ3v) is 3.33. The summed E-state index contributed by atoms with van der Waals surface area (Å²) in [6.45, 7) is 0. The van der Waals surface area contributed by atoms with Gasteiger partial charge in [-0.05, 0) is 24.3 Å². The molecule has 0 aliphatic heterocycles. The van der Waals surface area contributed by atoms with E-state index in [1.54, 1.807) is 36.4 Å². The van der Waals surface area contributed by atoms with Crippen LogP contribution in [0.2, 0.25) is 0 Å². The zero-order valence-corrected chi connectivity index (χ0v) is 13.3. The van der Waals surface area contributed by atoms with Gasteiger partial charge in [0.1, 0.15) is 23.0 Å². The topological polar surface area (TPSA) is 105 Å². The lowest BCUT2D eigenvalue weighted by Crippen LogP contribution is -1.91. The van der Waals surface area contributed by atoms with Crippen molar-refractivity contribution in [2.24, 2.45) is 0 Å². The van der Waals surface area contributed by atoms with Crippen LogP contribution in [0.1, 0.15) is 0 Å². The molecule has 3 aromatic rings. The van der Waals surface area contributed by atoms with E-state index < -0.39 is 9.85 Å². The van der Waals surface area contributed by atoms with Crippen LogP contribution in [-0.2, 0) is 0 Å². The summed E-state index contributed by atoms with van der Waals surface area (Å²) in [5.41, 5.74) is -0.155. The van der Waals surface area contributed by atoms with Gasteiger partial charge >= 0.3 is 0 Å². The predicted octanol–water partition coefficient (Wildman–Crippen LogP) is 5.09. The van der Waals surface area contributed by atoms with Crippen LogP contribution >= 0.6 is 0 Å². The van der Waals surface area contributed by atoms with E-state index in [2.05, 4.69) is 0 Å². The molecule has 0 heterocycles. The van der Waals surface area contributed by atoms with Crippen molar-refractivity contribution in [3.8, 4) is 23.0 Å². The minimum atomic E-state index is -0.505. The second-order valence-electron chi connectivity index (χ2n) is 5.19. The Bertz CT molecular complexity index is 898. The zero-order chi connectivity index (χ0) is 18.5. The van der Waals surface area contributed by atoms with Gasteiger partial charge in [0, 0.05) is 18.2 Å². The first kappa shape index (κ1) is 16.9. The van der Waals surface area contributed by atoms with E-state index >= 15 is 0 Å². The Kier molecular flexibility index (Phi) is 4.75. The largest absolute Gasteiger partial charge is 0.457 e. The molecule has 0 N–H and O–H groups in total. The van der Waals surface area contributed by atoms with Gasteiger partial charge in [0.25, 0.3) is 11.4 Å². The van der Waals surface area contributed by atoms with E-state index in [1.165, 1.54) is 36.4 Å². The van der Waals surface area contributed by atoms with Crippen molar-refractivity contribution >= 4 is 11.4 Å². The van der Waals surface area contributed by atoms with Gasteiger partial charge in [-0.15, -0.1) is 0 Å². The van der Waals surface area contributed by atoms with E-state index in [-0.39, 0.29) is 11.4 Å². The summed E-state index contributed by atoms with van der Waals surface area (Å²) in [7, 11) is 0. The summed E-state index contributed by atoms with van der Waals surface area (Å²) < 4.78 is 11.2. The summed E-state index contributed by atoms with van der Waals surface area (Å²) in [4.78, 5) is 20.6. The van der Waals surface area contributed by atoms with E-state index in [1.807, 2.05) is 0 Å². The summed E-state index contributed by atoms with van der Waals surface area (Å²) in [6.07, 6.45) is 0. The standard InChI is InChI=1S/C18H12N2O6/c21-19(22)13-4-1-6-15(10-13)25-17-8-3-9-18(12-17)26-16-7-2-5-14(11-16)20(23)24/h1-12H. The van der Waals surface area contributed by atoms with Gasteiger partial charge in [0.05, 0.1) is 22.0 Å². The first-order chi connectivity index (χ1) is 12.5. The van der Waals surface area contributed by atoms with E-state index in [4.69, 9.17) is 9.47 Å². The highest BCUT2D eigenvalue weighted by atomic mass is 16.6. The molecular weight excluding hydrogens is 340 g/mol. The van der Waals surface area contributed by atoms with Crippen molar-refractivity contribution in [1.82, 2.24) is 0 Å². The highest BCUT2D eigenvalue weighted by Crippen LogP contribution is 2.30. The second-order valence-corrected chi connectivity index (χ2v) is 5.19. The molecule has 0 bridgehead atoms. The smallest absolute Gasteiger partial charge is 0.273 e. The van der Waals surface area contributed by atoms with Crippen LogP contribution in [0.4, 0.5) is 11.4 Å². The number of benzene rings is 3. The Balaban J connectivity index is 1.78. The molecule has 26 heavy (non-hydrogen) atoms. The Labute approximate surface area is 147 Å². The van der Waals surface area contributed by atoms with E-state index in [0.717, 1.165) is 0 Å². The highest BCUT2D eigenvalue weighted by Gasteiger charge is 2.09. The number of hydrogen-bond acceptors (Lipinski definition) is 6. The molecule has 0 unspecified atom stereocenters. The van der Waals surface area contributed by atoms with Gasteiger partial charge < -0.3 is 9.47 Å². The van der Waals surface area contributed by atoms with Crippen LogP contribution in [0.15, 0.2) is 72.8 Å². The van der Waals surface area contributed by atoms with Crippen molar-refractivity contribution in [1.29, 1.82) is 0 Å². The Morgan fingerprint density at radius 3 is 1.31 bits per heavy atom. The minimum absolute atomic E-state index is 0.0773. The van der Waals surface area contributed by atoms with Crippen molar-refractivity contribution in [3.63, 3.8) is 0 Å². The summed E-state index contributed by atoms with van der Waals surface area (Å²) in [5.74, 6) is 1.44. The van der Waals surface area contributed by atoms with Gasteiger partial charge in [0.2, 0.25) is 0 Å². The first-order valence-corrected chi connectivity index (χ1v) is 7.46. The normalized spacial score (nSPS) is 10.2. The molecule has 0 saturated heterocycles. The summed E-state index contributed by atoms with van der Waals surface area (Å²) in [5, 5.41) is 21.6. The molecule has 0 saturated carbocycles. The number of non-ortho nitro benzene ring substituents is 2. The average Bonchev–Trinajstić information content (AvgIpc) is 2.62. The maximum atomic E-state index is 10.8. The van der Waals surface area contributed by atoms with Crippen LogP contribution in [0.5, 0.6) is 23.0 Å². The lowest BCUT2D eigenvalue weighted by molar-refractivity contribution is -0.385. The molecule has 0 radical (unpaired) electrons. The van der Waals surface area contributed by atoms with Gasteiger partial charge in [-0.2, -0.15) is 0 Å². The fraction of sp³-hybridized carbons (Fsp3) is 0. The number of ether oxygens (including phenoxy) is 2. The fourth-order valence-corrected chi connectivity index (χ4v) is 2.19. The van der Waals surface area contributed by atoms with Crippen LogP contribution in [0.3, 0.4) is 0 Å². The molecule has 8 heteroatoms. The van der Waals surface area contributed by atoms with Gasteiger partial charge in [-0.1, -0.05) is 18.2 Å². The number of nitro groups is 2. The van der Waals surface area contributed by atoms with Crippen LogP contribution in [0.25, 0.3) is 0 Å². The second kappa shape index (κ2) is 7.31. The molecule has 0 atom stereocenters. The molecule has 0 fully saturated rings. The van der Waals surface area contributed by atoms with Gasteiger partial charge in [-0.25, -0.2) is 0 Å². The molecule has 0 aliphatic carbocycles. The monoisotopic (exact) mass is 352 g/mol.